The van der Waals surface area contributed by atoms with Gasteiger partial charge in [-0.2, -0.15) is 0 Å². The summed E-state index contributed by atoms with van der Waals surface area (Å²) in [6.45, 7) is 0. The summed E-state index contributed by atoms with van der Waals surface area (Å²) in [5, 5.41) is 16.9. The minimum Gasteiger partial charge on any atom is -0.0895 e. The van der Waals surface area contributed by atoms with E-state index in [9.17, 15) is 0 Å². The third-order valence-corrected chi connectivity index (χ3v) is 10.0. The second-order valence-electron chi connectivity index (χ2n) is 7.78. The van der Waals surface area contributed by atoms with Gasteiger partial charge in [-0.1, -0.05) is 132 Å². The Bertz CT molecular complexity index is 1560. The van der Waals surface area contributed by atoms with Crippen LogP contribution in [0.3, 0.4) is 0 Å². The molecule has 0 unspecified atom stereocenters. The van der Waals surface area contributed by atoms with Gasteiger partial charge < -0.3 is 0 Å². The van der Waals surface area contributed by atoms with E-state index in [1.807, 2.05) is 47.0 Å². The molecule has 2 aliphatic rings. The lowest BCUT2D eigenvalue weighted by Gasteiger charge is -2.12. The van der Waals surface area contributed by atoms with Gasteiger partial charge in [0, 0.05) is 10.4 Å². The van der Waals surface area contributed by atoms with Crippen molar-refractivity contribution in [3.63, 3.8) is 0 Å². The highest BCUT2D eigenvalue weighted by Crippen LogP contribution is 2.41. The molecule has 4 aromatic carbocycles. The molecule has 0 spiro atoms. The molecule has 0 N–H and O–H groups in total. The van der Waals surface area contributed by atoms with E-state index in [1.54, 1.807) is 0 Å². The van der Waals surface area contributed by atoms with Crippen molar-refractivity contribution in [2.24, 2.45) is 0 Å². The summed E-state index contributed by atoms with van der Waals surface area (Å²) in [7, 11) is 0. The molecule has 0 amide bonds. The predicted molar refractivity (Wildman–Crippen MR) is 155 cm³/mol. The minimum atomic E-state index is 0.919. The van der Waals surface area contributed by atoms with Crippen molar-refractivity contribution in [1.82, 2.24) is 0 Å². The van der Waals surface area contributed by atoms with Crippen molar-refractivity contribution in [3.05, 3.63) is 122 Å². The van der Waals surface area contributed by atoms with Gasteiger partial charge in [0.15, 0.2) is 0 Å². The average Bonchev–Trinajstić information content (AvgIpc) is 3.58. The van der Waals surface area contributed by atoms with Gasteiger partial charge in [-0.3, -0.25) is 0 Å². The zero-order valence-electron chi connectivity index (χ0n) is 17.7. The second-order valence-corrected chi connectivity index (χ2v) is 12.0. The van der Waals surface area contributed by atoms with Crippen molar-refractivity contribution in [2.75, 3.05) is 0 Å². The fourth-order valence-corrected chi connectivity index (χ4v) is 8.18. The van der Waals surface area contributed by atoms with E-state index in [0.717, 1.165) is 6.42 Å². The molecule has 2 aliphatic heterocycles. The number of hydrogen-bond donors (Lipinski definition) is 0. The molecule has 4 aromatic rings. The fraction of sp³-hybridized carbons (Fsp3) is 0.0345. The zero-order valence-corrected chi connectivity index (χ0v) is 21.0. The third kappa shape index (κ3) is 4.22. The van der Waals surface area contributed by atoms with Gasteiger partial charge in [0.05, 0.1) is 8.47 Å². The third-order valence-electron chi connectivity index (χ3n) is 5.77. The van der Waals surface area contributed by atoms with Crippen molar-refractivity contribution in [3.8, 4) is 0 Å². The Morgan fingerprint density at radius 2 is 1.09 bits per heavy atom. The smallest absolute Gasteiger partial charge is 0.0571 e. The number of allylic oxidation sites excluding steroid dienone is 1. The van der Waals surface area contributed by atoms with Gasteiger partial charge in [-0.25, -0.2) is 0 Å². The Morgan fingerprint density at radius 1 is 0.545 bits per heavy atom. The van der Waals surface area contributed by atoms with Crippen LogP contribution in [0.5, 0.6) is 0 Å². The Hall–Kier alpha value is -2.24. The highest BCUT2D eigenvalue weighted by atomic mass is 32.2. The van der Waals surface area contributed by atoms with Crippen LogP contribution in [0, 0.1) is 0 Å². The van der Waals surface area contributed by atoms with Crippen molar-refractivity contribution in [2.45, 2.75) is 6.42 Å². The summed E-state index contributed by atoms with van der Waals surface area (Å²) in [5.41, 5.74) is 2.58. The van der Waals surface area contributed by atoms with Gasteiger partial charge in [0.25, 0.3) is 0 Å². The number of fused-ring (bicyclic) bond motifs is 2. The fourth-order valence-electron chi connectivity index (χ4n) is 4.34. The van der Waals surface area contributed by atoms with E-state index in [1.165, 1.54) is 51.6 Å². The second kappa shape index (κ2) is 9.55. The standard InChI is InChI=1S/C29H20S4/c1-2-7-20(8-3-1)9-6-10-21-13-14-24-25(19-21)27(29-32-17-18-33-29)23-12-5-4-11-22(23)26(24)28-30-15-16-31-28/h1-9,11-19H,10H2/b9-6+. The number of hydrogen-bond acceptors (Lipinski definition) is 4. The lowest BCUT2D eigenvalue weighted by Crippen LogP contribution is -2.17. The SMILES string of the molecule is C1=CSC(=c2c3ccccc3c(=C3SC=CS3)c3cc(C/C=C/c4ccccc4)ccc23)S1. The topological polar surface area (TPSA) is 0 Å². The maximum atomic E-state index is 2.42. The van der Waals surface area contributed by atoms with Crippen LogP contribution in [0.1, 0.15) is 11.1 Å². The summed E-state index contributed by atoms with van der Waals surface area (Å²) in [6, 6.07) is 26.5. The van der Waals surface area contributed by atoms with E-state index in [2.05, 4.69) is 107 Å². The van der Waals surface area contributed by atoms with Gasteiger partial charge in [-0.05, 0) is 60.7 Å². The number of thioether (sulfide) groups is 4. The molecular formula is C29H20S4. The first-order chi connectivity index (χ1) is 16.4. The molecular weight excluding hydrogens is 477 g/mol. The lowest BCUT2D eigenvalue weighted by molar-refractivity contribution is 1.29. The van der Waals surface area contributed by atoms with Gasteiger partial charge in [-0.15, -0.1) is 0 Å². The number of benzene rings is 4. The van der Waals surface area contributed by atoms with Crippen LogP contribution in [-0.4, -0.2) is 0 Å². The van der Waals surface area contributed by atoms with Crippen LogP contribution in [0.15, 0.2) is 101 Å². The Labute approximate surface area is 210 Å². The molecule has 0 saturated heterocycles. The molecule has 0 atom stereocenters. The van der Waals surface area contributed by atoms with E-state index < -0.39 is 0 Å². The molecule has 0 nitrogen and oxygen atoms in total. The number of rotatable bonds is 3. The molecule has 33 heavy (non-hydrogen) atoms. The highest BCUT2D eigenvalue weighted by Gasteiger charge is 2.15. The maximum Gasteiger partial charge on any atom is 0.0571 e. The van der Waals surface area contributed by atoms with E-state index in [-0.39, 0.29) is 0 Å². The molecule has 0 aliphatic carbocycles. The average molecular weight is 497 g/mol. The first-order valence-electron chi connectivity index (χ1n) is 10.8. The van der Waals surface area contributed by atoms with Crippen molar-refractivity contribution in [1.29, 1.82) is 0 Å². The summed E-state index contributed by atoms with van der Waals surface area (Å²) >= 11 is 7.35. The van der Waals surface area contributed by atoms with Crippen LogP contribution in [0.2, 0.25) is 0 Å². The maximum absolute atomic E-state index is 2.42. The molecule has 0 saturated carbocycles. The molecule has 6 rings (SSSR count). The summed E-state index contributed by atoms with van der Waals surface area (Å²) in [6.07, 6.45) is 5.40. The first-order valence-corrected chi connectivity index (χ1v) is 14.3. The highest BCUT2D eigenvalue weighted by molar-refractivity contribution is 8.35. The minimum absolute atomic E-state index is 0.919. The predicted octanol–water partition coefficient (Wildman–Crippen LogP) is 8.28. The van der Waals surface area contributed by atoms with Gasteiger partial charge in [0.2, 0.25) is 0 Å². The molecule has 2 heterocycles. The molecule has 160 valence electrons. The van der Waals surface area contributed by atoms with Crippen molar-refractivity contribution >= 4 is 83.1 Å². The summed E-state index contributed by atoms with van der Waals surface area (Å²) in [5.74, 6) is 0. The van der Waals surface area contributed by atoms with Crippen molar-refractivity contribution < 1.29 is 0 Å². The Kier molecular flexibility index (Phi) is 6.17. The Balaban J connectivity index is 1.60. The van der Waals surface area contributed by atoms with Crippen LogP contribution in [0.4, 0.5) is 0 Å². The summed E-state index contributed by atoms with van der Waals surface area (Å²) in [4.78, 5) is 0. The van der Waals surface area contributed by atoms with Crippen LogP contribution in [-0.2, 0) is 6.42 Å². The van der Waals surface area contributed by atoms with E-state index in [0.29, 0.717) is 0 Å². The summed E-state index contributed by atoms with van der Waals surface area (Å²) < 4.78 is 2.74. The first kappa shape index (κ1) is 21.3. The zero-order chi connectivity index (χ0) is 22.0. The van der Waals surface area contributed by atoms with Crippen LogP contribution in [0.25, 0.3) is 36.1 Å². The van der Waals surface area contributed by atoms with Crippen LogP contribution < -0.4 is 10.4 Å². The molecule has 0 fully saturated rings. The quantitative estimate of drug-likeness (QED) is 0.262. The Morgan fingerprint density at radius 3 is 1.73 bits per heavy atom. The lowest BCUT2D eigenvalue weighted by atomic mass is 9.96. The molecule has 0 radical (unpaired) electrons. The molecule has 0 bridgehead atoms. The normalized spacial score (nSPS) is 15.6. The van der Waals surface area contributed by atoms with E-state index >= 15 is 0 Å². The monoisotopic (exact) mass is 496 g/mol. The van der Waals surface area contributed by atoms with Gasteiger partial charge >= 0.3 is 0 Å². The van der Waals surface area contributed by atoms with Gasteiger partial charge in [0.1, 0.15) is 0 Å². The van der Waals surface area contributed by atoms with Crippen LogP contribution >= 0.6 is 47.0 Å². The molecule has 0 aromatic heterocycles. The van der Waals surface area contributed by atoms with E-state index in [4.69, 9.17) is 0 Å². The molecule has 4 heteroatoms. The largest absolute Gasteiger partial charge is 0.0895 e.